The lowest BCUT2D eigenvalue weighted by Gasteiger charge is -2.43. The molecule has 1 saturated heterocycles. The van der Waals surface area contributed by atoms with Crippen molar-refractivity contribution >= 4 is 13.2 Å². The summed E-state index contributed by atoms with van der Waals surface area (Å²) >= 11 is 0. The van der Waals surface area contributed by atoms with E-state index in [1.54, 1.807) is 0 Å². The molecule has 0 aromatic heterocycles. The molecule has 1 fully saturated rings. The smallest absolute Gasteiger partial charge is 0.326 e. The molecule has 3 nitrogen and oxygen atoms in total. The van der Waals surface area contributed by atoms with Gasteiger partial charge in [-0.15, -0.1) is 0 Å². The summed E-state index contributed by atoms with van der Waals surface area (Å²) in [4.78, 5) is 12.5. The predicted molar refractivity (Wildman–Crippen MR) is 92.6 cm³/mol. The monoisotopic (exact) mass is 301 g/mol. The normalized spacial score (nSPS) is 28.2. The Kier molecular flexibility index (Phi) is 6.07. The van der Waals surface area contributed by atoms with Crippen molar-refractivity contribution in [1.29, 1.82) is 0 Å². The van der Waals surface area contributed by atoms with Gasteiger partial charge in [0.05, 0.1) is 6.04 Å². The first-order chi connectivity index (χ1) is 10.6. The van der Waals surface area contributed by atoms with Gasteiger partial charge in [0.15, 0.2) is 0 Å². The van der Waals surface area contributed by atoms with Gasteiger partial charge < -0.3 is 4.74 Å². The van der Waals surface area contributed by atoms with Crippen molar-refractivity contribution in [2.75, 3.05) is 0 Å². The van der Waals surface area contributed by atoms with Crippen LogP contribution in [-0.4, -0.2) is 24.9 Å². The molecule has 0 aliphatic carbocycles. The average molecular weight is 301 g/mol. The third kappa shape index (κ3) is 3.92. The molecule has 1 aliphatic heterocycles. The lowest BCUT2D eigenvalue weighted by Crippen LogP contribution is -2.60. The van der Waals surface area contributed by atoms with E-state index in [4.69, 9.17) is 4.74 Å². The maximum absolute atomic E-state index is 12.5. The molecule has 3 atom stereocenters. The molecule has 2 rings (SSSR count). The molecule has 1 aromatic rings. The van der Waals surface area contributed by atoms with Gasteiger partial charge in [-0.2, -0.15) is 0 Å². The number of carbonyl (C=O) groups is 1. The molecule has 1 aliphatic rings. The van der Waals surface area contributed by atoms with E-state index in [9.17, 15) is 4.79 Å². The van der Waals surface area contributed by atoms with Gasteiger partial charge in [0.2, 0.25) is 0 Å². The minimum absolute atomic E-state index is 0.0702. The van der Waals surface area contributed by atoms with E-state index in [1.807, 2.05) is 25.1 Å². The van der Waals surface area contributed by atoms with Gasteiger partial charge >= 0.3 is 5.97 Å². The zero-order valence-electron chi connectivity index (χ0n) is 14.1. The first kappa shape index (κ1) is 17.1. The fourth-order valence-corrected chi connectivity index (χ4v) is 3.20. The van der Waals surface area contributed by atoms with Crippen LogP contribution in [0.5, 0.6) is 0 Å². The van der Waals surface area contributed by atoms with Crippen LogP contribution < -0.4 is 5.32 Å². The minimum Gasteiger partial charge on any atom is -0.460 e. The Morgan fingerprint density at radius 1 is 1.27 bits per heavy atom. The Morgan fingerprint density at radius 2 is 2.00 bits per heavy atom. The largest absolute Gasteiger partial charge is 0.460 e. The Labute approximate surface area is 135 Å². The van der Waals surface area contributed by atoms with Gasteiger partial charge in [0.25, 0.3) is 0 Å². The summed E-state index contributed by atoms with van der Waals surface area (Å²) in [5.41, 5.74) is 0.634. The molecule has 0 bridgehead atoms. The Balaban J connectivity index is 2.18. The van der Waals surface area contributed by atoms with Crippen LogP contribution in [0.15, 0.2) is 30.3 Å². The summed E-state index contributed by atoms with van der Waals surface area (Å²) in [6, 6.07) is 10.4. The van der Waals surface area contributed by atoms with Crippen LogP contribution in [0.25, 0.3) is 0 Å². The van der Waals surface area contributed by atoms with Gasteiger partial charge in [0.1, 0.15) is 18.9 Å². The van der Waals surface area contributed by atoms with Crippen molar-refractivity contribution in [1.82, 2.24) is 5.32 Å². The van der Waals surface area contributed by atoms with E-state index < -0.39 is 5.54 Å². The van der Waals surface area contributed by atoms with Crippen molar-refractivity contribution in [3.63, 3.8) is 0 Å². The molecule has 1 unspecified atom stereocenters. The molecule has 0 amide bonds. The Morgan fingerprint density at radius 3 is 2.64 bits per heavy atom. The number of unbranched alkanes of at least 4 members (excludes halogenated alkanes) is 2. The van der Waals surface area contributed by atoms with Gasteiger partial charge in [0, 0.05) is 0 Å². The number of esters is 1. The first-order valence-corrected chi connectivity index (χ1v) is 8.64. The van der Waals surface area contributed by atoms with Crippen LogP contribution >= 0.6 is 0 Å². The summed E-state index contributed by atoms with van der Waals surface area (Å²) < 4.78 is 5.84. The molecule has 1 heterocycles. The summed E-state index contributed by atoms with van der Waals surface area (Å²) in [7, 11) is 1.01. The third-order valence-electron chi connectivity index (χ3n) is 4.57. The maximum Gasteiger partial charge on any atom is 0.326 e. The number of nitrogens with one attached hydrogen (secondary N) is 1. The number of hydrogen-bond donors (Lipinski definition) is 1. The highest BCUT2D eigenvalue weighted by atomic mass is 16.6. The van der Waals surface area contributed by atoms with Crippen LogP contribution in [0.2, 0.25) is 13.1 Å². The predicted octanol–water partition coefficient (Wildman–Crippen LogP) is 3.48. The SMILES string of the molecule is CBCC1OC(=O)[C@@](C)(CCCCC)N[C@@H]1c1ccccc1. The van der Waals surface area contributed by atoms with E-state index in [0.29, 0.717) is 0 Å². The fraction of sp³-hybridized carbons (Fsp3) is 0.611. The van der Waals surface area contributed by atoms with Crippen molar-refractivity contribution in [3.8, 4) is 0 Å². The zero-order chi connectivity index (χ0) is 16.0. The van der Waals surface area contributed by atoms with E-state index in [0.717, 1.165) is 39.3 Å². The van der Waals surface area contributed by atoms with Crippen LogP contribution in [0.3, 0.4) is 0 Å². The average Bonchev–Trinajstić information content (AvgIpc) is 2.52. The molecule has 1 aromatic carbocycles. The van der Waals surface area contributed by atoms with Crippen LogP contribution in [0, 0.1) is 0 Å². The number of ether oxygens (including phenoxy) is 1. The zero-order valence-corrected chi connectivity index (χ0v) is 14.1. The molecule has 0 saturated carbocycles. The standard InChI is InChI=1S/C18H28BNO2/c1-4-5-9-12-18(2)17(21)22-15(13-19-3)16(20-18)14-10-7-6-8-11-14/h6-8,10-11,15-16,19-20H,4-5,9,12-13H2,1-3H3/t15?,16-,18-/m1/s1. The van der Waals surface area contributed by atoms with Gasteiger partial charge in [-0.25, -0.2) is 0 Å². The highest BCUT2D eigenvalue weighted by Crippen LogP contribution is 2.33. The van der Waals surface area contributed by atoms with E-state index >= 15 is 0 Å². The van der Waals surface area contributed by atoms with Gasteiger partial charge in [-0.3, -0.25) is 10.1 Å². The van der Waals surface area contributed by atoms with Crippen LogP contribution in [-0.2, 0) is 9.53 Å². The van der Waals surface area contributed by atoms with Gasteiger partial charge in [-0.1, -0.05) is 63.3 Å². The van der Waals surface area contributed by atoms with Crippen molar-refractivity contribution in [2.45, 2.75) is 70.4 Å². The lowest BCUT2D eigenvalue weighted by atomic mass is 9.72. The fourth-order valence-electron chi connectivity index (χ4n) is 3.20. The summed E-state index contributed by atoms with van der Waals surface area (Å²) in [5.74, 6) is -0.0887. The second-order valence-electron chi connectivity index (χ2n) is 6.55. The van der Waals surface area contributed by atoms with E-state index in [1.165, 1.54) is 5.56 Å². The lowest BCUT2D eigenvalue weighted by molar-refractivity contribution is -0.166. The third-order valence-corrected chi connectivity index (χ3v) is 4.57. The molecule has 22 heavy (non-hydrogen) atoms. The number of rotatable bonds is 7. The summed E-state index contributed by atoms with van der Waals surface area (Å²) in [6.45, 7) is 6.30. The van der Waals surface area contributed by atoms with Crippen molar-refractivity contribution in [2.24, 2.45) is 0 Å². The quantitative estimate of drug-likeness (QED) is 0.476. The van der Waals surface area contributed by atoms with E-state index in [-0.39, 0.29) is 18.1 Å². The first-order valence-electron chi connectivity index (χ1n) is 8.64. The van der Waals surface area contributed by atoms with Crippen LogP contribution in [0.4, 0.5) is 0 Å². The second-order valence-corrected chi connectivity index (χ2v) is 6.55. The summed E-state index contributed by atoms with van der Waals surface area (Å²) in [5, 5.41) is 3.62. The number of morpholine rings is 1. The van der Waals surface area contributed by atoms with E-state index in [2.05, 4.69) is 31.2 Å². The second kappa shape index (κ2) is 7.82. The molecular weight excluding hydrogens is 273 g/mol. The Hall–Kier alpha value is -1.29. The molecular formula is C18H28BNO2. The Bertz CT molecular complexity index is 479. The maximum atomic E-state index is 12.5. The minimum atomic E-state index is -0.570. The number of cyclic esters (lactones) is 1. The highest BCUT2D eigenvalue weighted by molar-refractivity contribution is 6.33. The number of hydrogen-bond acceptors (Lipinski definition) is 3. The molecule has 120 valence electrons. The van der Waals surface area contributed by atoms with Crippen molar-refractivity contribution < 1.29 is 9.53 Å². The topological polar surface area (TPSA) is 38.3 Å². The molecule has 0 radical (unpaired) electrons. The molecule has 1 N–H and O–H groups in total. The van der Waals surface area contributed by atoms with Crippen LogP contribution in [0.1, 0.15) is 51.1 Å². The number of carbonyl (C=O) groups excluding carboxylic acids is 1. The summed E-state index contributed by atoms with van der Waals surface area (Å²) in [6.07, 6.45) is 5.02. The molecule has 0 spiro atoms. The number of benzene rings is 1. The van der Waals surface area contributed by atoms with Gasteiger partial charge in [-0.05, 0) is 25.2 Å². The molecule has 4 heteroatoms. The van der Waals surface area contributed by atoms with Crippen molar-refractivity contribution in [3.05, 3.63) is 35.9 Å². The highest BCUT2D eigenvalue weighted by Gasteiger charge is 2.45.